The number of piperidine rings is 2. The van der Waals surface area contributed by atoms with Crippen molar-refractivity contribution in [3.8, 4) is 6.07 Å². The predicted octanol–water partition coefficient (Wildman–Crippen LogP) is 4.57. The standard InChI is InChI=1S/C26H34N4O/c1-18(2)29-11-8-20(9-12-29)14-25(31)30-16-19(3)13-22(17-30)23-7-6-21(15-27)26-24(23)5-4-10-28-26/h4-7,10,18-20,22H,8-9,11-14,16-17H2,1-3H3/t19-,22?/m1/s1. The first kappa shape index (κ1) is 21.8. The maximum Gasteiger partial charge on any atom is 0.222 e. The van der Waals surface area contributed by atoms with E-state index in [1.165, 1.54) is 5.56 Å². The summed E-state index contributed by atoms with van der Waals surface area (Å²) in [5, 5.41) is 10.5. The molecule has 0 saturated carbocycles. The van der Waals surface area contributed by atoms with Gasteiger partial charge in [-0.1, -0.05) is 19.1 Å². The summed E-state index contributed by atoms with van der Waals surface area (Å²) < 4.78 is 0. The van der Waals surface area contributed by atoms with Crippen molar-refractivity contribution in [3.63, 3.8) is 0 Å². The second-order valence-corrected chi connectivity index (χ2v) is 9.83. The van der Waals surface area contributed by atoms with Gasteiger partial charge in [0.05, 0.1) is 11.1 Å². The third-order valence-corrected chi connectivity index (χ3v) is 7.22. The molecule has 0 N–H and O–H groups in total. The van der Waals surface area contributed by atoms with Crippen LogP contribution in [-0.2, 0) is 4.79 Å². The number of amides is 1. The van der Waals surface area contributed by atoms with Gasteiger partial charge >= 0.3 is 0 Å². The smallest absolute Gasteiger partial charge is 0.222 e. The fourth-order valence-electron chi connectivity index (χ4n) is 5.47. The van der Waals surface area contributed by atoms with E-state index in [1.54, 1.807) is 6.20 Å². The zero-order valence-corrected chi connectivity index (χ0v) is 19.1. The molecule has 31 heavy (non-hydrogen) atoms. The average Bonchev–Trinajstić information content (AvgIpc) is 2.78. The fourth-order valence-corrected chi connectivity index (χ4v) is 5.47. The molecule has 0 aliphatic carbocycles. The van der Waals surface area contributed by atoms with Gasteiger partial charge in [-0.05, 0) is 75.7 Å². The molecule has 0 spiro atoms. The summed E-state index contributed by atoms with van der Waals surface area (Å²) in [6.07, 6.45) is 5.75. The molecule has 164 valence electrons. The van der Waals surface area contributed by atoms with Crippen LogP contribution in [0.3, 0.4) is 0 Å². The van der Waals surface area contributed by atoms with Gasteiger partial charge in [0.15, 0.2) is 0 Å². The Bertz CT molecular complexity index is 971. The van der Waals surface area contributed by atoms with E-state index in [1.807, 2.05) is 12.1 Å². The van der Waals surface area contributed by atoms with Crippen molar-refractivity contribution >= 4 is 16.8 Å². The summed E-state index contributed by atoms with van der Waals surface area (Å²) in [7, 11) is 0. The van der Waals surface area contributed by atoms with E-state index in [9.17, 15) is 10.1 Å². The molecule has 4 rings (SSSR count). The lowest BCUT2D eigenvalue weighted by atomic mass is 9.82. The molecule has 5 heteroatoms. The number of carbonyl (C=O) groups is 1. The number of hydrogen-bond acceptors (Lipinski definition) is 4. The minimum Gasteiger partial charge on any atom is -0.342 e. The topological polar surface area (TPSA) is 60.2 Å². The number of fused-ring (bicyclic) bond motifs is 1. The number of nitriles is 1. The highest BCUT2D eigenvalue weighted by Crippen LogP contribution is 2.35. The Hall–Kier alpha value is -2.45. The summed E-state index contributed by atoms with van der Waals surface area (Å²) in [5.41, 5.74) is 2.61. The Labute approximate surface area is 186 Å². The Morgan fingerprint density at radius 1 is 1.23 bits per heavy atom. The van der Waals surface area contributed by atoms with Crippen molar-refractivity contribution < 1.29 is 4.79 Å². The monoisotopic (exact) mass is 418 g/mol. The molecule has 2 aromatic rings. The number of hydrogen-bond donors (Lipinski definition) is 0. The quantitative estimate of drug-likeness (QED) is 0.730. The Morgan fingerprint density at radius 2 is 2.00 bits per heavy atom. The molecule has 1 unspecified atom stereocenters. The first-order chi connectivity index (χ1) is 15.0. The van der Waals surface area contributed by atoms with E-state index in [2.05, 4.69) is 53.8 Å². The van der Waals surface area contributed by atoms with Crippen LogP contribution < -0.4 is 0 Å². The van der Waals surface area contributed by atoms with Crippen LogP contribution in [0.1, 0.15) is 63.5 Å². The Balaban J connectivity index is 1.47. The lowest BCUT2D eigenvalue weighted by Gasteiger charge is -2.39. The number of pyridine rings is 1. The molecule has 2 saturated heterocycles. The number of likely N-dealkylation sites (tertiary alicyclic amines) is 2. The van der Waals surface area contributed by atoms with Crippen LogP contribution in [0, 0.1) is 23.2 Å². The van der Waals surface area contributed by atoms with Gasteiger partial charge in [0.2, 0.25) is 5.91 Å². The van der Waals surface area contributed by atoms with Crippen LogP contribution in [-0.4, -0.2) is 52.9 Å². The zero-order chi connectivity index (χ0) is 22.0. The van der Waals surface area contributed by atoms with Gasteiger partial charge in [0.25, 0.3) is 0 Å². The number of benzene rings is 1. The molecule has 5 nitrogen and oxygen atoms in total. The third kappa shape index (κ3) is 4.75. The normalized spacial score (nSPS) is 23.3. The van der Waals surface area contributed by atoms with E-state index in [0.29, 0.717) is 35.8 Å². The SMILES string of the molecule is CC(C)N1CCC(CC(=O)N2CC(c3ccc(C#N)c4ncccc34)C[C@@H](C)C2)CC1. The molecule has 2 aliphatic heterocycles. The number of nitrogens with zero attached hydrogens (tertiary/aromatic N) is 4. The van der Waals surface area contributed by atoms with E-state index in [0.717, 1.165) is 56.3 Å². The van der Waals surface area contributed by atoms with Crippen molar-refractivity contribution in [2.24, 2.45) is 11.8 Å². The van der Waals surface area contributed by atoms with Crippen LogP contribution in [0.2, 0.25) is 0 Å². The highest BCUT2D eigenvalue weighted by atomic mass is 16.2. The molecule has 1 amide bonds. The van der Waals surface area contributed by atoms with Crippen molar-refractivity contribution in [2.45, 2.75) is 58.4 Å². The Kier molecular flexibility index (Phi) is 6.57. The molecule has 2 atom stereocenters. The van der Waals surface area contributed by atoms with Crippen LogP contribution in [0.4, 0.5) is 0 Å². The molecule has 3 heterocycles. The average molecular weight is 419 g/mol. The minimum absolute atomic E-state index is 0.287. The van der Waals surface area contributed by atoms with Crippen molar-refractivity contribution in [3.05, 3.63) is 41.6 Å². The van der Waals surface area contributed by atoms with Crippen LogP contribution in [0.25, 0.3) is 10.9 Å². The lowest BCUT2D eigenvalue weighted by Crippen LogP contribution is -2.44. The first-order valence-corrected chi connectivity index (χ1v) is 11.8. The number of rotatable bonds is 4. The van der Waals surface area contributed by atoms with Gasteiger partial charge in [-0.15, -0.1) is 0 Å². The number of aromatic nitrogens is 1. The second kappa shape index (κ2) is 9.36. The third-order valence-electron chi connectivity index (χ3n) is 7.22. The van der Waals surface area contributed by atoms with Crippen LogP contribution >= 0.6 is 0 Å². The summed E-state index contributed by atoms with van der Waals surface area (Å²) in [5.74, 6) is 1.58. The van der Waals surface area contributed by atoms with Gasteiger partial charge in [0, 0.05) is 43.1 Å². The molecule has 2 aliphatic rings. The van der Waals surface area contributed by atoms with E-state index in [4.69, 9.17) is 0 Å². The maximum atomic E-state index is 13.2. The lowest BCUT2D eigenvalue weighted by molar-refractivity contribution is -0.134. The van der Waals surface area contributed by atoms with E-state index in [-0.39, 0.29) is 5.92 Å². The molecule has 1 aromatic heterocycles. The van der Waals surface area contributed by atoms with E-state index >= 15 is 0 Å². The first-order valence-electron chi connectivity index (χ1n) is 11.8. The Morgan fingerprint density at radius 3 is 2.71 bits per heavy atom. The largest absolute Gasteiger partial charge is 0.342 e. The number of carbonyl (C=O) groups excluding carboxylic acids is 1. The molecule has 0 radical (unpaired) electrons. The van der Waals surface area contributed by atoms with Gasteiger partial charge in [-0.2, -0.15) is 5.26 Å². The summed E-state index contributed by atoms with van der Waals surface area (Å²) in [6, 6.07) is 10.8. The molecular formula is C26H34N4O. The highest BCUT2D eigenvalue weighted by molar-refractivity contribution is 5.87. The van der Waals surface area contributed by atoms with Crippen molar-refractivity contribution in [1.82, 2.24) is 14.8 Å². The van der Waals surface area contributed by atoms with Gasteiger partial charge in [-0.25, -0.2) is 0 Å². The molecular weight excluding hydrogens is 384 g/mol. The second-order valence-electron chi connectivity index (χ2n) is 9.83. The van der Waals surface area contributed by atoms with Gasteiger partial charge in [0.1, 0.15) is 6.07 Å². The summed E-state index contributed by atoms with van der Waals surface area (Å²) in [4.78, 5) is 22.3. The maximum absolute atomic E-state index is 13.2. The van der Waals surface area contributed by atoms with Crippen LogP contribution in [0.5, 0.6) is 0 Å². The van der Waals surface area contributed by atoms with Crippen LogP contribution in [0.15, 0.2) is 30.5 Å². The molecule has 2 fully saturated rings. The molecule has 1 aromatic carbocycles. The predicted molar refractivity (Wildman–Crippen MR) is 124 cm³/mol. The van der Waals surface area contributed by atoms with Crippen molar-refractivity contribution in [1.29, 1.82) is 5.26 Å². The zero-order valence-electron chi connectivity index (χ0n) is 19.1. The van der Waals surface area contributed by atoms with E-state index < -0.39 is 0 Å². The minimum atomic E-state index is 0.287. The summed E-state index contributed by atoms with van der Waals surface area (Å²) in [6.45, 7) is 10.6. The van der Waals surface area contributed by atoms with Gasteiger partial charge < -0.3 is 9.80 Å². The van der Waals surface area contributed by atoms with Crippen molar-refractivity contribution in [2.75, 3.05) is 26.2 Å². The summed E-state index contributed by atoms with van der Waals surface area (Å²) >= 11 is 0. The van der Waals surface area contributed by atoms with Gasteiger partial charge in [-0.3, -0.25) is 9.78 Å². The molecule has 0 bridgehead atoms. The fraction of sp³-hybridized carbons (Fsp3) is 0.577. The highest BCUT2D eigenvalue weighted by Gasteiger charge is 2.31.